The summed E-state index contributed by atoms with van der Waals surface area (Å²) >= 11 is 0. The Morgan fingerprint density at radius 3 is 2.75 bits per heavy atom. The molecule has 1 aromatic heterocycles. The Labute approximate surface area is 119 Å². The molecule has 0 aliphatic rings. The third-order valence-corrected chi connectivity index (χ3v) is 3.56. The molecule has 4 heteroatoms. The fraction of sp³-hybridized carbons (Fsp3) is 0.312. The summed E-state index contributed by atoms with van der Waals surface area (Å²) in [5.74, 6) is -0.170. The predicted octanol–water partition coefficient (Wildman–Crippen LogP) is 3.14. The van der Waals surface area contributed by atoms with Crippen LogP contribution in [-0.2, 0) is 6.54 Å². The molecular weight excluding hydrogens is 253 g/mol. The molecule has 0 amide bonds. The lowest BCUT2D eigenvalue weighted by atomic mass is 10.1. The highest BCUT2D eigenvalue weighted by atomic mass is 19.1. The molecule has 3 nitrogen and oxygen atoms in total. The second-order valence-electron chi connectivity index (χ2n) is 4.84. The Balaban J connectivity index is 2.31. The first-order chi connectivity index (χ1) is 9.65. The van der Waals surface area contributed by atoms with Crippen LogP contribution < -0.4 is 10.2 Å². The number of aromatic nitrogens is 1. The number of rotatable bonds is 5. The van der Waals surface area contributed by atoms with Gasteiger partial charge in [-0.15, -0.1) is 0 Å². The van der Waals surface area contributed by atoms with Gasteiger partial charge in [-0.05, 0) is 26.1 Å². The van der Waals surface area contributed by atoms with Crippen molar-refractivity contribution in [2.75, 3.05) is 19.0 Å². The van der Waals surface area contributed by atoms with Crippen molar-refractivity contribution in [1.29, 1.82) is 0 Å². The van der Waals surface area contributed by atoms with Crippen LogP contribution in [0.4, 0.5) is 10.1 Å². The van der Waals surface area contributed by atoms with Gasteiger partial charge in [0.2, 0.25) is 0 Å². The van der Waals surface area contributed by atoms with E-state index in [2.05, 4.69) is 15.2 Å². The Hall–Kier alpha value is -1.94. The number of benzene rings is 1. The second-order valence-corrected chi connectivity index (χ2v) is 4.84. The maximum atomic E-state index is 13.9. The van der Waals surface area contributed by atoms with E-state index in [-0.39, 0.29) is 11.9 Å². The molecule has 0 fully saturated rings. The molecule has 106 valence electrons. The average molecular weight is 273 g/mol. The van der Waals surface area contributed by atoms with Gasteiger partial charge >= 0.3 is 0 Å². The summed E-state index contributed by atoms with van der Waals surface area (Å²) in [5.41, 5.74) is 2.85. The molecule has 0 aliphatic heterocycles. The van der Waals surface area contributed by atoms with E-state index >= 15 is 0 Å². The Morgan fingerprint density at radius 1 is 1.30 bits per heavy atom. The number of nitrogens with zero attached hydrogens (tertiary/aromatic N) is 2. The molecule has 0 radical (unpaired) electrons. The van der Waals surface area contributed by atoms with Gasteiger partial charge in [0.15, 0.2) is 0 Å². The van der Waals surface area contributed by atoms with E-state index in [4.69, 9.17) is 0 Å². The summed E-state index contributed by atoms with van der Waals surface area (Å²) in [6, 6.07) is 8.82. The molecule has 1 unspecified atom stereocenters. The van der Waals surface area contributed by atoms with Gasteiger partial charge in [0.1, 0.15) is 5.82 Å². The quantitative estimate of drug-likeness (QED) is 0.907. The van der Waals surface area contributed by atoms with Gasteiger partial charge in [0, 0.05) is 42.8 Å². The first-order valence-corrected chi connectivity index (χ1v) is 6.70. The molecule has 0 aliphatic carbocycles. The lowest BCUT2D eigenvalue weighted by molar-refractivity contribution is 0.584. The van der Waals surface area contributed by atoms with Crippen LogP contribution in [0, 0.1) is 5.82 Å². The summed E-state index contributed by atoms with van der Waals surface area (Å²) in [4.78, 5) is 6.23. The van der Waals surface area contributed by atoms with Crippen molar-refractivity contribution in [3.8, 4) is 0 Å². The second kappa shape index (κ2) is 6.48. The summed E-state index contributed by atoms with van der Waals surface area (Å²) in [5, 5.41) is 3.13. The van der Waals surface area contributed by atoms with Gasteiger partial charge in [-0.1, -0.05) is 18.2 Å². The molecule has 0 saturated heterocycles. The van der Waals surface area contributed by atoms with E-state index in [1.807, 2.05) is 45.4 Å². The van der Waals surface area contributed by atoms with Crippen LogP contribution in [0.1, 0.15) is 24.1 Å². The van der Waals surface area contributed by atoms with E-state index in [1.165, 1.54) is 6.07 Å². The fourth-order valence-corrected chi connectivity index (χ4v) is 2.32. The highest BCUT2D eigenvalue weighted by Gasteiger charge is 2.17. The highest BCUT2D eigenvalue weighted by molar-refractivity contribution is 5.53. The van der Waals surface area contributed by atoms with Crippen LogP contribution in [0.3, 0.4) is 0 Å². The van der Waals surface area contributed by atoms with Crippen molar-refractivity contribution in [2.24, 2.45) is 0 Å². The number of hydrogen-bond acceptors (Lipinski definition) is 3. The Kier molecular flexibility index (Phi) is 4.69. The minimum atomic E-state index is -0.170. The maximum Gasteiger partial charge on any atom is 0.128 e. The van der Waals surface area contributed by atoms with Gasteiger partial charge in [-0.3, -0.25) is 4.98 Å². The molecule has 0 spiro atoms. The van der Waals surface area contributed by atoms with Gasteiger partial charge in [0.25, 0.3) is 0 Å². The topological polar surface area (TPSA) is 28.2 Å². The van der Waals surface area contributed by atoms with E-state index in [0.29, 0.717) is 5.56 Å². The summed E-state index contributed by atoms with van der Waals surface area (Å²) in [6.07, 6.45) is 3.61. The molecule has 1 N–H and O–H groups in total. The van der Waals surface area contributed by atoms with Crippen LogP contribution in [0.5, 0.6) is 0 Å². The summed E-state index contributed by atoms with van der Waals surface area (Å²) in [6.45, 7) is 2.74. The zero-order valence-electron chi connectivity index (χ0n) is 12.1. The van der Waals surface area contributed by atoms with Gasteiger partial charge in [0.05, 0.1) is 6.04 Å². The Bertz CT molecular complexity index is 571. The molecule has 0 saturated carbocycles. The van der Waals surface area contributed by atoms with E-state index < -0.39 is 0 Å². The first-order valence-electron chi connectivity index (χ1n) is 6.70. The van der Waals surface area contributed by atoms with E-state index in [9.17, 15) is 4.39 Å². The molecule has 1 aromatic carbocycles. The highest BCUT2D eigenvalue weighted by Crippen LogP contribution is 2.28. The lowest BCUT2D eigenvalue weighted by Gasteiger charge is -2.29. The van der Waals surface area contributed by atoms with Crippen molar-refractivity contribution in [3.63, 3.8) is 0 Å². The summed E-state index contributed by atoms with van der Waals surface area (Å²) in [7, 11) is 3.88. The third-order valence-electron chi connectivity index (χ3n) is 3.56. The number of halogens is 1. The molecule has 1 atom stereocenters. The first kappa shape index (κ1) is 14.5. The normalized spacial score (nSPS) is 12.2. The van der Waals surface area contributed by atoms with Crippen molar-refractivity contribution in [2.45, 2.75) is 19.5 Å². The average Bonchev–Trinajstić information content (AvgIpc) is 2.47. The van der Waals surface area contributed by atoms with Crippen LogP contribution >= 0.6 is 0 Å². The van der Waals surface area contributed by atoms with E-state index in [1.54, 1.807) is 12.3 Å². The smallest absolute Gasteiger partial charge is 0.128 e. The standard InChI is InChI=1S/C16H20FN3/c1-12(14-6-4-5-7-15(14)17)20(3)16-8-9-19-11-13(16)10-18-2/h4-9,11-12,18H,10H2,1-3H3. The molecule has 0 bridgehead atoms. The monoisotopic (exact) mass is 273 g/mol. The number of pyridine rings is 1. The molecule has 2 aromatic rings. The minimum Gasteiger partial charge on any atom is -0.367 e. The minimum absolute atomic E-state index is 0.0470. The molecule has 2 rings (SSSR count). The van der Waals surface area contributed by atoms with E-state index in [0.717, 1.165) is 17.8 Å². The zero-order valence-corrected chi connectivity index (χ0v) is 12.1. The predicted molar refractivity (Wildman–Crippen MR) is 80.2 cm³/mol. The van der Waals surface area contributed by atoms with Gasteiger partial charge < -0.3 is 10.2 Å². The molecular formula is C16H20FN3. The van der Waals surface area contributed by atoms with Crippen molar-refractivity contribution >= 4 is 5.69 Å². The largest absolute Gasteiger partial charge is 0.367 e. The van der Waals surface area contributed by atoms with Gasteiger partial charge in [-0.2, -0.15) is 0 Å². The maximum absolute atomic E-state index is 13.9. The van der Waals surface area contributed by atoms with Crippen molar-refractivity contribution in [1.82, 2.24) is 10.3 Å². The van der Waals surface area contributed by atoms with Crippen molar-refractivity contribution < 1.29 is 4.39 Å². The van der Waals surface area contributed by atoms with Crippen LogP contribution in [0.2, 0.25) is 0 Å². The third kappa shape index (κ3) is 2.96. The van der Waals surface area contributed by atoms with Gasteiger partial charge in [-0.25, -0.2) is 4.39 Å². The number of nitrogens with one attached hydrogen (secondary N) is 1. The zero-order chi connectivity index (χ0) is 14.5. The van der Waals surface area contributed by atoms with Crippen molar-refractivity contribution in [3.05, 3.63) is 59.7 Å². The molecule has 1 heterocycles. The number of hydrogen-bond donors (Lipinski definition) is 1. The number of anilines is 1. The molecule has 20 heavy (non-hydrogen) atoms. The van der Waals surface area contributed by atoms with Crippen LogP contribution in [0.25, 0.3) is 0 Å². The van der Waals surface area contributed by atoms with Crippen LogP contribution in [0.15, 0.2) is 42.7 Å². The SMILES string of the molecule is CNCc1cnccc1N(C)C(C)c1ccccc1F. The lowest BCUT2D eigenvalue weighted by Crippen LogP contribution is -2.24. The summed E-state index contributed by atoms with van der Waals surface area (Å²) < 4.78 is 13.9. The van der Waals surface area contributed by atoms with Crippen LogP contribution in [-0.4, -0.2) is 19.1 Å². The fourth-order valence-electron chi connectivity index (χ4n) is 2.32. The Morgan fingerprint density at radius 2 is 2.05 bits per heavy atom.